The monoisotopic (exact) mass is 255 g/mol. The summed E-state index contributed by atoms with van der Waals surface area (Å²) < 4.78 is 0. The van der Waals surface area contributed by atoms with Crippen molar-refractivity contribution in [2.45, 2.75) is 37.9 Å². The van der Waals surface area contributed by atoms with Crippen molar-refractivity contribution in [2.24, 2.45) is 0 Å². The molecule has 3 nitrogen and oxygen atoms in total. The highest BCUT2D eigenvalue weighted by Gasteiger charge is 2.34. The van der Waals surface area contributed by atoms with Gasteiger partial charge in [0.25, 0.3) is 0 Å². The maximum absolute atomic E-state index is 8.96. The fourth-order valence-electron chi connectivity index (χ4n) is 3.52. The maximum Gasteiger partial charge on any atom is 0.0991 e. The van der Waals surface area contributed by atoms with Gasteiger partial charge in [-0.25, -0.2) is 0 Å². The lowest BCUT2D eigenvalue weighted by Gasteiger charge is -2.25. The Hall–Kier alpha value is -1.37. The Bertz CT molecular complexity index is 491. The summed E-state index contributed by atoms with van der Waals surface area (Å²) >= 11 is 0. The van der Waals surface area contributed by atoms with E-state index in [1.54, 1.807) is 0 Å². The second-order valence-electron chi connectivity index (χ2n) is 5.89. The van der Waals surface area contributed by atoms with Gasteiger partial charge in [-0.05, 0) is 44.0 Å². The van der Waals surface area contributed by atoms with Crippen molar-refractivity contribution in [3.05, 3.63) is 35.4 Å². The molecule has 0 saturated carbocycles. The van der Waals surface area contributed by atoms with Gasteiger partial charge in [-0.1, -0.05) is 12.1 Å². The van der Waals surface area contributed by atoms with Crippen LogP contribution in [-0.2, 0) is 6.54 Å². The largest absolute Gasteiger partial charge is 0.299 e. The lowest BCUT2D eigenvalue weighted by atomic mass is 10.1. The van der Waals surface area contributed by atoms with Gasteiger partial charge in [0.1, 0.15) is 0 Å². The first-order chi connectivity index (χ1) is 9.26. The summed E-state index contributed by atoms with van der Waals surface area (Å²) in [5, 5.41) is 8.96. The SMILES string of the molecule is CN1C2CCC1CN(Cc1cccc(C#N)c1)CC2. The number of nitrogens with zero attached hydrogens (tertiary/aromatic N) is 3. The van der Waals surface area contributed by atoms with Crippen LogP contribution < -0.4 is 0 Å². The van der Waals surface area contributed by atoms with Gasteiger partial charge in [-0.15, -0.1) is 0 Å². The number of hydrogen-bond donors (Lipinski definition) is 0. The van der Waals surface area contributed by atoms with E-state index < -0.39 is 0 Å². The Morgan fingerprint density at radius 1 is 1.26 bits per heavy atom. The molecule has 2 aliphatic rings. The molecule has 2 fully saturated rings. The average molecular weight is 255 g/mol. The Kier molecular flexibility index (Phi) is 3.54. The number of hydrogen-bond acceptors (Lipinski definition) is 3. The van der Waals surface area contributed by atoms with Crippen molar-refractivity contribution >= 4 is 0 Å². The van der Waals surface area contributed by atoms with Crippen molar-refractivity contribution in [3.8, 4) is 6.07 Å². The van der Waals surface area contributed by atoms with E-state index in [0.29, 0.717) is 0 Å². The normalized spacial score (nSPS) is 28.0. The first-order valence-electron chi connectivity index (χ1n) is 7.19. The molecule has 2 heterocycles. The molecule has 3 heteroatoms. The molecular formula is C16H21N3. The average Bonchev–Trinajstić information content (AvgIpc) is 2.67. The summed E-state index contributed by atoms with van der Waals surface area (Å²) in [5.74, 6) is 0. The molecule has 0 radical (unpaired) electrons. The predicted octanol–water partition coefficient (Wildman–Crippen LogP) is 2.23. The molecule has 2 bridgehead atoms. The lowest BCUT2D eigenvalue weighted by Crippen LogP contribution is -2.36. The molecule has 3 rings (SSSR count). The molecule has 19 heavy (non-hydrogen) atoms. The number of rotatable bonds is 2. The van der Waals surface area contributed by atoms with Crippen LogP contribution in [0.4, 0.5) is 0 Å². The summed E-state index contributed by atoms with van der Waals surface area (Å²) in [7, 11) is 2.28. The first-order valence-corrected chi connectivity index (χ1v) is 7.19. The standard InChI is InChI=1S/C16H21N3/c1-18-15-5-6-16(18)12-19(8-7-15)11-14-4-2-3-13(9-14)10-17/h2-4,9,15-16H,5-8,11-12H2,1H3. The van der Waals surface area contributed by atoms with Crippen LogP contribution >= 0.6 is 0 Å². The lowest BCUT2D eigenvalue weighted by molar-refractivity contribution is 0.214. The maximum atomic E-state index is 8.96. The molecule has 2 unspecified atom stereocenters. The highest BCUT2D eigenvalue weighted by molar-refractivity contribution is 5.32. The fourth-order valence-corrected chi connectivity index (χ4v) is 3.52. The van der Waals surface area contributed by atoms with Crippen molar-refractivity contribution in [3.63, 3.8) is 0 Å². The molecule has 2 saturated heterocycles. The van der Waals surface area contributed by atoms with Gasteiger partial charge in [0.2, 0.25) is 0 Å². The number of likely N-dealkylation sites (N-methyl/N-ethyl adjacent to an activating group) is 1. The zero-order valence-electron chi connectivity index (χ0n) is 11.5. The molecule has 0 aromatic heterocycles. The topological polar surface area (TPSA) is 30.3 Å². The summed E-state index contributed by atoms with van der Waals surface area (Å²) in [6.45, 7) is 3.33. The molecule has 100 valence electrons. The van der Waals surface area contributed by atoms with Gasteiger partial charge in [-0.3, -0.25) is 9.80 Å². The molecular weight excluding hydrogens is 234 g/mol. The van der Waals surface area contributed by atoms with E-state index in [2.05, 4.69) is 29.0 Å². The number of benzene rings is 1. The third-order valence-corrected chi connectivity index (χ3v) is 4.69. The van der Waals surface area contributed by atoms with Crippen molar-refractivity contribution in [1.29, 1.82) is 5.26 Å². The van der Waals surface area contributed by atoms with Crippen LogP contribution in [0.25, 0.3) is 0 Å². The van der Waals surface area contributed by atoms with Gasteiger partial charge in [-0.2, -0.15) is 5.26 Å². The second kappa shape index (κ2) is 5.32. The summed E-state index contributed by atoms with van der Waals surface area (Å²) in [5.41, 5.74) is 2.03. The molecule has 0 N–H and O–H groups in total. The van der Waals surface area contributed by atoms with Crippen LogP contribution in [0.15, 0.2) is 24.3 Å². The van der Waals surface area contributed by atoms with Crippen LogP contribution in [-0.4, -0.2) is 42.0 Å². The van der Waals surface area contributed by atoms with E-state index in [0.717, 1.165) is 24.2 Å². The van der Waals surface area contributed by atoms with E-state index in [-0.39, 0.29) is 0 Å². The molecule has 1 aromatic rings. The van der Waals surface area contributed by atoms with Crippen LogP contribution in [0.1, 0.15) is 30.4 Å². The fraction of sp³-hybridized carbons (Fsp3) is 0.562. The molecule has 2 aliphatic heterocycles. The Balaban J connectivity index is 1.68. The van der Waals surface area contributed by atoms with E-state index in [9.17, 15) is 0 Å². The minimum Gasteiger partial charge on any atom is -0.299 e. The van der Waals surface area contributed by atoms with Gasteiger partial charge in [0.15, 0.2) is 0 Å². The minimum absolute atomic E-state index is 0.728. The van der Waals surface area contributed by atoms with Crippen LogP contribution in [0.5, 0.6) is 0 Å². The molecule has 0 amide bonds. The highest BCUT2D eigenvalue weighted by atomic mass is 15.3. The highest BCUT2D eigenvalue weighted by Crippen LogP contribution is 2.29. The van der Waals surface area contributed by atoms with E-state index in [4.69, 9.17) is 5.26 Å². The van der Waals surface area contributed by atoms with Gasteiger partial charge < -0.3 is 0 Å². The smallest absolute Gasteiger partial charge is 0.0991 e. The number of likely N-dealkylation sites (tertiary alicyclic amines) is 1. The van der Waals surface area contributed by atoms with E-state index in [1.165, 1.54) is 37.9 Å². The minimum atomic E-state index is 0.728. The zero-order valence-corrected chi connectivity index (χ0v) is 11.5. The molecule has 2 atom stereocenters. The van der Waals surface area contributed by atoms with Gasteiger partial charge >= 0.3 is 0 Å². The first kappa shape index (κ1) is 12.7. The van der Waals surface area contributed by atoms with Crippen molar-refractivity contribution in [1.82, 2.24) is 9.80 Å². The van der Waals surface area contributed by atoms with Crippen LogP contribution in [0.3, 0.4) is 0 Å². The summed E-state index contributed by atoms with van der Waals surface area (Å²) in [6, 6.07) is 11.8. The number of nitriles is 1. The number of fused-ring (bicyclic) bond motifs is 2. The van der Waals surface area contributed by atoms with Crippen LogP contribution in [0, 0.1) is 11.3 Å². The predicted molar refractivity (Wildman–Crippen MR) is 75.6 cm³/mol. The van der Waals surface area contributed by atoms with Gasteiger partial charge in [0.05, 0.1) is 11.6 Å². The second-order valence-corrected chi connectivity index (χ2v) is 5.89. The van der Waals surface area contributed by atoms with Crippen molar-refractivity contribution < 1.29 is 0 Å². The summed E-state index contributed by atoms with van der Waals surface area (Å²) in [4.78, 5) is 5.13. The molecule has 1 aromatic carbocycles. The van der Waals surface area contributed by atoms with E-state index in [1.807, 2.05) is 18.2 Å². The quantitative estimate of drug-likeness (QED) is 0.812. The summed E-state index contributed by atoms with van der Waals surface area (Å²) in [6.07, 6.45) is 4.00. The molecule has 0 spiro atoms. The van der Waals surface area contributed by atoms with Crippen molar-refractivity contribution in [2.75, 3.05) is 20.1 Å². The third-order valence-electron chi connectivity index (χ3n) is 4.69. The van der Waals surface area contributed by atoms with E-state index >= 15 is 0 Å². The Morgan fingerprint density at radius 3 is 2.95 bits per heavy atom. The van der Waals surface area contributed by atoms with Gasteiger partial charge in [0, 0.05) is 31.7 Å². The molecule has 0 aliphatic carbocycles. The third kappa shape index (κ3) is 2.65. The Morgan fingerprint density at radius 2 is 2.11 bits per heavy atom. The zero-order chi connectivity index (χ0) is 13.2. The van der Waals surface area contributed by atoms with Crippen LogP contribution in [0.2, 0.25) is 0 Å². The Labute approximate surface area is 115 Å².